The lowest BCUT2D eigenvalue weighted by Crippen LogP contribution is -2.22. The molecule has 0 unspecified atom stereocenters. The Hall–Kier alpha value is -3.27. The summed E-state index contributed by atoms with van der Waals surface area (Å²) in [4.78, 5) is 23.4. The van der Waals surface area contributed by atoms with Crippen LogP contribution in [0.1, 0.15) is 19.9 Å². The summed E-state index contributed by atoms with van der Waals surface area (Å²) in [6, 6.07) is 5.45. The van der Waals surface area contributed by atoms with Crippen LogP contribution in [-0.4, -0.2) is 71.1 Å². The molecule has 2 aromatic heterocycles. The summed E-state index contributed by atoms with van der Waals surface area (Å²) in [5.41, 5.74) is 6.55. The van der Waals surface area contributed by atoms with Crippen LogP contribution in [0, 0.1) is 0 Å². The van der Waals surface area contributed by atoms with Crippen LogP contribution < -0.4 is 11.1 Å². The highest BCUT2D eigenvalue weighted by molar-refractivity contribution is 6.17. The number of nitrogens with one attached hydrogen (secondary N) is 1. The molecule has 3 N–H and O–H groups in total. The predicted octanol–water partition coefficient (Wildman–Crippen LogP) is 1.31. The van der Waals surface area contributed by atoms with Crippen molar-refractivity contribution < 1.29 is 9.53 Å². The highest BCUT2D eigenvalue weighted by Crippen LogP contribution is 2.20. The van der Waals surface area contributed by atoms with Gasteiger partial charge in [-0.15, -0.1) is 10.2 Å². The Morgan fingerprint density at radius 1 is 1.41 bits per heavy atom. The van der Waals surface area contributed by atoms with E-state index in [1.54, 1.807) is 18.5 Å². The van der Waals surface area contributed by atoms with E-state index in [1.165, 1.54) is 13.3 Å². The number of ether oxygens (including phenoxy) is 1. The minimum Gasteiger partial charge on any atom is -0.482 e. The first-order valence-corrected chi connectivity index (χ1v) is 9.20. The van der Waals surface area contributed by atoms with Gasteiger partial charge < -0.3 is 25.3 Å². The van der Waals surface area contributed by atoms with Crippen molar-refractivity contribution in [3.63, 3.8) is 0 Å². The molecule has 0 spiro atoms. The number of likely N-dealkylation sites (N-methyl/N-ethyl adjacent to an activating group) is 1. The van der Waals surface area contributed by atoms with E-state index in [9.17, 15) is 4.79 Å². The predicted molar refractivity (Wildman–Crippen MR) is 112 cm³/mol. The Labute approximate surface area is 170 Å². The third-order valence-corrected chi connectivity index (χ3v) is 3.98. The lowest BCUT2D eigenvalue weighted by molar-refractivity contribution is -0.112. The lowest BCUT2D eigenvalue weighted by atomic mass is 10.2. The standard InChI is InChI=1S/C19H28N8O2/c1-13(2)27-12-22-25-18(27)15-7-6-8-16(23-15)24-19(28)14(17(20)29-5)11-21-9-10-26(3)4/h6-8,11-13H,9-10,20H2,1-5H3,(H,23,24,28)/b17-14-,21-11?. The minimum atomic E-state index is -0.465. The second-order valence-corrected chi connectivity index (χ2v) is 6.84. The lowest BCUT2D eigenvalue weighted by Gasteiger charge is -2.11. The molecule has 29 heavy (non-hydrogen) atoms. The average molecular weight is 400 g/mol. The fraction of sp³-hybridized carbons (Fsp3) is 0.421. The molecule has 0 saturated carbocycles. The third-order valence-electron chi connectivity index (χ3n) is 3.98. The zero-order chi connectivity index (χ0) is 21.4. The normalized spacial score (nSPS) is 12.5. The number of methoxy groups -OCH3 is 1. The first-order valence-electron chi connectivity index (χ1n) is 9.20. The number of aromatic nitrogens is 4. The third kappa shape index (κ3) is 6.11. The van der Waals surface area contributed by atoms with Gasteiger partial charge in [-0.2, -0.15) is 0 Å². The number of pyridine rings is 1. The van der Waals surface area contributed by atoms with Gasteiger partial charge in [0.1, 0.15) is 23.4 Å². The maximum atomic E-state index is 12.7. The van der Waals surface area contributed by atoms with Crippen LogP contribution in [0.15, 0.2) is 41.0 Å². The van der Waals surface area contributed by atoms with Gasteiger partial charge in [0.05, 0.1) is 13.7 Å². The average Bonchev–Trinajstić information content (AvgIpc) is 3.17. The van der Waals surface area contributed by atoms with Crippen LogP contribution in [0.5, 0.6) is 0 Å². The van der Waals surface area contributed by atoms with Crippen molar-refractivity contribution in [1.82, 2.24) is 24.6 Å². The van der Waals surface area contributed by atoms with Crippen LogP contribution in [0.2, 0.25) is 0 Å². The summed E-state index contributed by atoms with van der Waals surface area (Å²) < 4.78 is 6.93. The minimum absolute atomic E-state index is 0.0215. The van der Waals surface area contributed by atoms with Crippen molar-refractivity contribution in [2.45, 2.75) is 19.9 Å². The molecule has 0 bridgehead atoms. The molecule has 156 valence electrons. The second kappa shape index (κ2) is 10.3. The van der Waals surface area contributed by atoms with E-state index in [0.717, 1.165) is 6.54 Å². The molecule has 10 nitrogen and oxygen atoms in total. The first-order chi connectivity index (χ1) is 13.8. The fourth-order valence-corrected chi connectivity index (χ4v) is 2.37. The molecule has 0 aromatic carbocycles. The van der Waals surface area contributed by atoms with Crippen molar-refractivity contribution in [1.29, 1.82) is 0 Å². The molecule has 0 aliphatic carbocycles. The summed E-state index contributed by atoms with van der Waals surface area (Å²) in [7, 11) is 5.29. The number of nitrogens with two attached hydrogens (primary N) is 1. The Morgan fingerprint density at radius 2 is 2.17 bits per heavy atom. The molecule has 0 aliphatic heterocycles. The number of rotatable bonds is 9. The Kier molecular flexibility index (Phi) is 7.84. The molecule has 0 fully saturated rings. The smallest absolute Gasteiger partial charge is 0.263 e. The van der Waals surface area contributed by atoms with Crippen LogP contribution >= 0.6 is 0 Å². The number of hydrogen-bond acceptors (Lipinski definition) is 8. The number of nitrogens with zero attached hydrogens (tertiary/aromatic N) is 6. The maximum Gasteiger partial charge on any atom is 0.263 e. The SMILES string of the molecule is CO/C(N)=C(/C=NCCN(C)C)C(=O)Nc1cccc(-c2nncn2C(C)C)n1. The fourth-order valence-electron chi connectivity index (χ4n) is 2.37. The monoisotopic (exact) mass is 400 g/mol. The van der Waals surface area contributed by atoms with Crippen molar-refractivity contribution in [3.05, 3.63) is 36.0 Å². The van der Waals surface area contributed by atoms with Crippen molar-refractivity contribution >= 4 is 17.9 Å². The van der Waals surface area contributed by atoms with E-state index in [0.29, 0.717) is 23.9 Å². The zero-order valence-electron chi connectivity index (χ0n) is 17.5. The van der Waals surface area contributed by atoms with Crippen molar-refractivity contribution in [3.8, 4) is 11.5 Å². The molecule has 2 heterocycles. The van der Waals surface area contributed by atoms with Gasteiger partial charge in [0, 0.05) is 18.8 Å². The van der Waals surface area contributed by atoms with Gasteiger partial charge in [-0.3, -0.25) is 9.79 Å². The number of carbonyl (C=O) groups excluding carboxylic acids is 1. The largest absolute Gasteiger partial charge is 0.482 e. The van der Waals surface area contributed by atoms with E-state index < -0.39 is 5.91 Å². The Morgan fingerprint density at radius 3 is 2.83 bits per heavy atom. The zero-order valence-corrected chi connectivity index (χ0v) is 17.5. The molecular weight excluding hydrogens is 372 g/mol. The van der Waals surface area contributed by atoms with Gasteiger partial charge in [0.15, 0.2) is 11.7 Å². The molecular formula is C19H28N8O2. The molecule has 0 atom stereocenters. The summed E-state index contributed by atoms with van der Waals surface area (Å²) in [5.74, 6) is 0.488. The molecule has 0 radical (unpaired) electrons. The summed E-state index contributed by atoms with van der Waals surface area (Å²) >= 11 is 0. The molecule has 2 aromatic rings. The van der Waals surface area contributed by atoms with Crippen molar-refractivity contribution in [2.75, 3.05) is 39.6 Å². The number of hydrogen-bond donors (Lipinski definition) is 2. The van der Waals surface area contributed by atoms with E-state index in [-0.39, 0.29) is 17.5 Å². The highest BCUT2D eigenvalue weighted by atomic mass is 16.5. The van der Waals surface area contributed by atoms with Crippen LogP contribution in [-0.2, 0) is 9.53 Å². The van der Waals surface area contributed by atoms with Crippen molar-refractivity contribution in [2.24, 2.45) is 10.7 Å². The molecule has 0 aliphatic rings. The number of carbonyl (C=O) groups is 1. The van der Waals surface area contributed by atoms with Gasteiger partial charge >= 0.3 is 0 Å². The van der Waals surface area contributed by atoms with Gasteiger partial charge in [-0.25, -0.2) is 4.98 Å². The summed E-state index contributed by atoms with van der Waals surface area (Å²) in [6.45, 7) is 5.33. The number of amides is 1. The quantitative estimate of drug-likeness (QED) is 0.369. The molecule has 1 amide bonds. The van der Waals surface area contributed by atoms with Crippen LogP contribution in [0.25, 0.3) is 11.5 Å². The van der Waals surface area contributed by atoms with E-state index in [2.05, 4.69) is 25.5 Å². The van der Waals surface area contributed by atoms with E-state index >= 15 is 0 Å². The van der Waals surface area contributed by atoms with Crippen LogP contribution in [0.3, 0.4) is 0 Å². The van der Waals surface area contributed by atoms with E-state index in [1.807, 2.05) is 43.5 Å². The van der Waals surface area contributed by atoms with E-state index in [4.69, 9.17) is 10.5 Å². The van der Waals surface area contributed by atoms with Gasteiger partial charge in [0.2, 0.25) is 0 Å². The van der Waals surface area contributed by atoms with Gasteiger partial charge in [-0.1, -0.05) is 6.07 Å². The Bertz CT molecular complexity index is 886. The highest BCUT2D eigenvalue weighted by Gasteiger charge is 2.16. The van der Waals surface area contributed by atoms with Crippen LogP contribution in [0.4, 0.5) is 5.82 Å². The number of anilines is 1. The summed E-state index contributed by atoms with van der Waals surface area (Å²) in [5, 5.41) is 10.8. The Balaban J connectivity index is 2.21. The molecule has 0 saturated heterocycles. The first kappa shape index (κ1) is 22.0. The summed E-state index contributed by atoms with van der Waals surface area (Å²) in [6.07, 6.45) is 3.06. The molecule has 10 heteroatoms. The molecule has 2 rings (SSSR count). The number of aliphatic imine (C=N–C) groups is 1. The topological polar surface area (TPSA) is 124 Å². The van der Waals surface area contributed by atoms with Gasteiger partial charge in [-0.05, 0) is 40.1 Å². The second-order valence-electron chi connectivity index (χ2n) is 6.84. The van der Waals surface area contributed by atoms with Gasteiger partial charge in [0.25, 0.3) is 5.91 Å². The maximum absolute atomic E-state index is 12.7.